The van der Waals surface area contributed by atoms with Crippen LogP contribution in [0.25, 0.3) is 0 Å². The zero-order valence-corrected chi connectivity index (χ0v) is 11.7. The fourth-order valence-electron chi connectivity index (χ4n) is 2.37. The average molecular weight is 285 g/mol. The molecule has 1 aliphatic rings. The van der Waals surface area contributed by atoms with Crippen LogP contribution in [0, 0.1) is 11.7 Å². The maximum absolute atomic E-state index is 13.5. The Labute approximate surface area is 117 Å². The molecule has 19 heavy (non-hydrogen) atoms. The zero-order chi connectivity index (χ0) is 13.8. The lowest BCUT2D eigenvalue weighted by atomic mass is 10.1. The monoisotopic (exact) mass is 284 g/mol. The van der Waals surface area contributed by atoms with Crippen molar-refractivity contribution >= 4 is 17.5 Å². The second-order valence-electron chi connectivity index (χ2n) is 4.88. The summed E-state index contributed by atoms with van der Waals surface area (Å²) in [5, 5.41) is 3.15. The molecule has 3 nitrogen and oxygen atoms in total. The lowest BCUT2D eigenvalue weighted by Gasteiger charge is -2.14. The van der Waals surface area contributed by atoms with Crippen LogP contribution in [0.15, 0.2) is 18.2 Å². The number of hydrogen-bond donors (Lipinski definition) is 1. The summed E-state index contributed by atoms with van der Waals surface area (Å²) in [7, 11) is 0. The van der Waals surface area contributed by atoms with Crippen LogP contribution >= 0.6 is 11.6 Å². The van der Waals surface area contributed by atoms with Gasteiger partial charge in [0.2, 0.25) is 0 Å². The third-order valence-electron chi connectivity index (χ3n) is 3.54. The van der Waals surface area contributed by atoms with Gasteiger partial charge in [0.1, 0.15) is 5.82 Å². The van der Waals surface area contributed by atoms with E-state index < -0.39 is 11.7 Å². The molecular formula is C14H18ClFN2O. The molecule has 1 N–H and O–H groups in total. The highest BCUT2D eigenvalue weighted by Crippen LogP contribution is 2.17. The van der Waals surface area contributed by atoms with Crippen molar-refractivity contribution in [3.8, 4) is 0 Å². The third-order valence-corrected chi connectivity index (χ3v) is 3.78. The van der Waals surface area contributed by atoms with Crippen molar-refractivity contribution in [2.45, 2.75) is 13.3 Å². The summed E-state index contributed by atoms with van der Waals surface area (Å²) in [6.07, 6.45) is 1.08. The van der Waals surface area contributed by atoms with Crippen molar-refractivity contribution in [2.24, 2.45) is 5.92 Å². The van der Waals surface area contributed by atoms with E-state index in [0.717, 1.165) is 26.1 Å². The van der Waals surface area contributed by atoms with Crippen molar-refractivity contribution in [2.75, 3.05) is 26.2 Å². The van der Waals surface area contributed by atoms with Crippen LogP contribution in [-0.4, -0.2) is 37.0 Å². The fraction of sp³-hybridized carbons (Fsp3) is 0.500. The highest BCUT2D eigenvalue weighted by Gasteiger charge is 2.22. The van der Waals surface area contributed by atoms with E-state index in [1.165, 1.54) is 18.2 Å². The zero-order valence-electron chi connectivity index (χ0n) is 11.0. The van der Waals surface area contributed by atoms with Gasteiger partial charge in [0.05, 0.1) is 5.56 Å². The standard InChI is InChI=1S/C14H18ClFN2O/c1-2-18-6-5-10(9-18)8-17-14(19)12-7-11(15)3-4-13(12)16/h3-4,7,10H,2,5-6,8-9H2,1H3,(H,17,19). The summed E-state index contributed by atoms with van der Waals surface area (Å²) < 4.78 is 13.5. The Hall–Kier alpha value is -1.13. The van der Waals surface area contributed by atoms with Crippen molar-refractivity contribution in [3.05, 3.63) is 34.6 Å². The molecule has 1 atom stereocenters. The number of benzene rings is 1. The summed E-state index contributed by atoms with van der Waals surface area (Å²) >= 11 is 5.77. The second kappa shape index (κ2) is 6.35. The Balaban J connectivity index is 1.89. The van der Waals surface area contributed by atoms with Crippen LogP contribution < -0.4 is 5.32 Å². The summed E-state index contributed by atoms with van der Waals surface area (Å²) in [5.74, 6) is -0.482. The number of rotatable bonds is 4. The van der Waals surface area contributed by atoms with Gasteiger partial charge in [-0.15, -0.1) is 0 Å². The van der Waals surface area contributed by atoms with Crippen LogP contribution in [-0.2, 0) is 0 Å². The van der Waals surface area contributed by atoms with E-state index in [1.54, 1.807) is 0 Å². The smallest absolute Gasteiger partial charge is 0.254 e. The molecule has 0 aromatic heterocycles. The number of carbonyl (C=O) groups is 1. The predicted molar refractivity (Wildman–Crippen MR) is 74.0 cm³/mol. The molecule has 1 amide bonds. The van der Waals surface area contributed by atoms with Gasteiger partial charge in [-0.2, -0.15) is 0 Å². The Morgan fingerprint density at radius 3 is 3.05 bits per heavy atom. The minimum absolute atomic E-state index is 0.0119. The van der Waals surface area contributed by atoms with E-state index >= 15 is 0 Å². The molecule has 1 aromatic rings. The van der Waals surface area contributed by atoms with E-state index in [4.69, 9.17) is 11.6 Å². The number of hydrogen-bond acceptors (Lipinski definition) is 2. The van der Waals surface area contributed by atoms with E-state index in [2.05, 4.69) is 17.1 Å². The summed E-state index contributed by atoms with van der Waals surface area (Å²) in [5.41, 5.74) is 0.0119. The molecule has 0 saturated carbocycles. The first-order valence-corrected chi connectivity index (χ1v) is 6.93. The Kier molecular flexibility index (Phi) is 4.77. The maximum atomic E-state index is 13.5. The van der Waals surface area contributed by atoms with E-state index in [0.29, 0.717) is 17.5 Å². The number of amides is 1. The number of nitrogens with zero attached hydrogens (tertiary/aromatic N) is 1. The van der Waals surface area contributed by atoms with E-state index in [1.807, 2.05) is 0 Å². The molecular weight excluding hydrogens is 267 g/mol. The molecule has 1 fully saturated rings. The highest BCUT2D eigenvalue weighted by atomic mass is 35.5. The molecule has 0 radical (unpaired) electrons. The quantitative estimate of drug-likeness (QED) is 0.922. The van der Waals surface area contributed by atoms with Crippen LogP contribution in [0.3, 0.4) is 0 Å². The molecule has 0 bridgehead atoms. The first-order valence-electron chi connectivity index (χ1n) is 6.55. The van der Waals surface area contributed by atoms with E-state index in [9.17, 15) is 9.18 Å². The Morgan fingerprint density at radius 1 is 1.58 bits per heavy atom. The van der Waals surface area contributed by atoms with E-state index in [-0.39, 0.29) is 5.56 Å². The number of nitrogens with one attached hydrogen (secondary N) is 1. The van der Waals surface area contributed by atoms with Gasteiger partial charge in [-0.3, -0.25) is 4.79 Å². The third kappa shape index (κ3) is 3.67. The second-order valence-corrected chi connectivity index (χ2v) is 5.32. The molecule has 1 heterocycles. The number of likely N-dealkylation sites (tertiary alicyclic amines) is 1. The number of halogens is 2. The lowest BCUT2D eigenvalue weighted by molar-refractivity contribution is 0.0943. The number of carbonyl (C=O) groups excluding carboxylic acids is 1. The highest BCUT2D eigenvalue weighted by molar-refractivity contribution is 6.30. The van der Waals surface area contributed by atoms with Gasteiger partial charge in [0.15, 0.2) is 0 Å². The largest absolute Gasteiger partial charge is 0.352 e. The summed E-state index contributed by atoms with van der Waals surface area (Å²) in [4.78, 5) is 14.2. The SMILES string of the molecule is CCN1CCC(CNC(=O)c2cc(Cl)ccc2F)C1. The van der Waals surface area contributed by atoms with Crippen LogP contribution in [0.5, 0.6) is 0 Å². The van der Waals surface area contributed by atoms with Gasteiger partial charge in [0, 0.05) is 18.1 Å². The topological polar surface area (TPSA) is 32.3 Å². The molecule has 0 aliphatic carbocycles. The van der Waals surface area contributed by atoms with Crippen LogP contribution in [0.2, 0.25) is 5.02 Å². The Bertz CT molecular complexity index is 467. The van der Waals surface area contributed by atoms with Gasteiger partial charge in [-0.25, -0.2) is 4.39 Å². The molecule has 1 saturated heterocycles. The van der Waals surface area contributed by atoms with Crippen LogP contribution in [0.1, 0.15) is 23.7 Å². The molecule has 1 unspecified atom stereocenters. The Morgan fingerprint density at radius 2 is 2.37 bits per heavy atom. The molecule has 1 aromatic carbocycles. The normalized spacial score (nSPS) is 19.6. The molecule has 2 rings (SSSR count). The minimum atomic E-state index is -0.538. The van der Waals surface area contributed by atoms with Crippen molar-refractivity contribution in [1.29, 1.82) is 0 Å². The van der Waals surface area contributed by atoms with Gasteiger partial charge in [-0.1, -0.05) is 18.5 Å². The first kappa shape index (κ1) is 14.3. The van der Waals surface area contributed by atoms with Crippen molar-refractivity contribution in [3.63, 3.8) is 0 Å². The molecule has 0 spiro atoms. The predicted octanol–water partition coefficient (Wildman–Crippen LogP) is 2.55. The molecule has 5 heteroatoms. The summed E-state index contributed by atoms with van der Waals surface area (Å²) in [6, 6.07) is 4.01. The van der Waals surface area contributed by atoms with Gasteiger partial charge >= 0.3 is 0 Å². The molecule has 104 valence electrons. The maximum Gasteiger partial charge on any atom is 0.254 e. The summed E-state index contributed by atoms with van der Waals surface area (Å²) in [6.45, 7) is 5.81. The average Bonchev–Trinajstić information content (AvgIpc) is 2.87. The van der Waals surface area contributed by atoms with Gasteiger partial charge < -0.3 is 10.2 Å². The van der Waals surface area contributed by atoms with Crippen molar-refractivity contribution in [1.82, 2.24) is 10.2 Å². The lowest BCUT2D eigenvalue weighted by Crippen LogP contribution is -2.31. The minimum Gasteiger partial charge on any atom is -0.352 e. The van der Waals surface area contributed by atoms with Crippen LogP contribution in [0.4, 0.5) is 4.39 Å². The van der Waals surface area contributed by atoms with Crippen molar-refractivity contribution < 1.29 is 9.18 Å². The first-order chi connectivity index (χ1) is 9.10. The van der Waals surface area contributed by atoms with Gasteiger partial charge in [-0.05, 0) is 43.6 Å². The van der Waals surface area contributed by atoms with Gasteiger partial charge in [0.25, 0.3) is 5.91 Å². The fourth-order valence-corrected chi connectivity index (χ4v) is 2.54. The molecule has 1 aliphatic heterocycles.